The molecule has 0 saturated carbocycles. The van der Waals surface area contributed by atoms with E-state index in [-0.39, 0.29) is 29.6 Å². The van der Waals surface area contributed by atoms with Crippen molar-refractivity contribution in [2.75, 3.05) is 10.6 Å². The van der Waals surface area contributed by atoms with Gasteiger partial charge in [-0.3, -0.25) is 9.59 Å². The first-order valence-corrected chi connectivity index (χ1v) is 6.38. The number of para-hydroxylation sites is 1. The fraction of sp³-hybridized carbons (Fsp3) is 0.429. The first-order valence-electron chi connectivity index (χ1n) is 6.38. The quantitative estimate of drug-likeness (QED) is 0.673. The van der Waals surface area contributed by atoms with E-state index in [0.717, 1.165) is 4.90 Å². The summed E-state index contributed by atoms with van der Waals surface area (Å²) in [6, 6.07) is 4.13. The normalized spacial score (nSPS) is 18.2. The van der Waals surface area contributed by atoms with E-state index in [2.05, 4.69) is 0 Å². The van der Waals surface area contributed by atoms with Crippen LogP contribution in [0.5, 0.6) is 0 Å². The molecule has 2 amide bonds. The number of carbonyl (C=O) groups is 2. The highest BCUT2D eigenvalue weighted by Gasteiger charge is 2.50. The topological polar surface area (TPSA) is 63.4 Å². The number of hydrogen-bond donors (Lipinski definition) is 1. The lowest BCUT2D eigenvalue weighted by molar-refractivity contribution is -0.126. The first kappa shape index (κ1) is 13.5. The van der Waals surface area contributed by atoms with Gasteiger partial charge in [-0.15, -0.1) is 0 Å². The van der Waals surface area contributed by atoms with Gasteiger partial charge in [0.25, 0.3) is 0 Å². The third kappa shape index (κ3) is 1.89. The number of nitrogens with two attached hydrogens (primary N) is 1. The van der Waals surface area contributed by atoms with Crippen LogP contribution < -0.4 is 10.6 Å². The van der Waals surface area contributed by atoms with Gasteiger partial charge in [-0.05, 0) is 25.0 Å². The molecule has 5 heteroatoms. The monoisotopic (exact) mass is 264 g/mol. The minimum Gasteiger partial charge on any atom is -0.397 e. The van der Waals surface area contributed by atoms with Crippen LogP contribution in [0.25, 0.3) is 0 Å². The summed E-state index contributed by atoms with van der Waals surface area (Å²) in [5.74, 6) is -1.38. The van der Waals surface area contributed by atoms with Crippen LogP contribution in [0.3, 0.4) is 0 Å². The standard InChI is InChI=1S/C14H17FN2O2/c1-3-14(4-2)8-11(18)17(13(14)19)12-9(15)6-5-7-10(12)16/h5-7H,3-4,8,16H2,1-2H3. The molecule has 4 nitrogen and oxygen atoms in total. The van der Waals surface area contributed by atoms with E-state index in [1.807, 2.05) is 13.8 Å². The number of nitrogen functional groups attached to an aromatic ring is 1. The van der Waals surface area contributed by atoms with Crippen LogP contribution >= 0.6 is 0 Å². The smallest absolute Gasteiger partial charge is 0.240 e. The SMILES string of the molecule is CCC1(CC)CC(=O)N(c2c(N)cccc2F)C1=O. The van der Waals surface area contributed by atoms with Gasteiger partial charge < -0.3 is 5.73 Å². The molecule has 2 N–H and O–H groups in total. The van der Waals surface area contributed by atoms with Crippen LogP contribution in [0.4, 0.5) is 15.8 Å². The number of anilines is 2. The lowest BCUT2D eigenvalue weighted by atomic mass is 9.81. The molecule has 1 saturated heterocycles. The average molecular weight is 264 g/mol. The van der Waals surface area contributed by atoms with E-state index in [0.29, 0.717) is 12.8 Å². The van der Waals surface area contributed by atoms with Crippen molar-refractivity contribution in [1.82, 2.24) is 0 Å². The molecule has 1 heterocycles. The summed E-state index contributed by atoms with van der Waals surface area (Å²) in [7, 11) is 0. The fourth-order valence-electron chi connectivity index (χ4n) is 2.59. The van der Waals surface area contributed by atoms with Gasteiger partial charge in [-0.25, -0.2) is 9.29 Å². The number of rotatable bonds is 3. The number of nitrogens with zero attached hydrogens (tertiary/aromatic N) is 1. The van der Waals surface area contributed by atoms with E-state index in [9.17, 15) is 14.0 Å². The maximum atomic E-state index is 13.9. The van der Waals surface area contributed by atoms with Crippen LogP contribution in [0.2, 0.25) is 0 Å². The van der Waals surface area contributed by atoms with Crippen LogP contribution in [-0.2, 0) is 9.59 Å². The summed E-state index contributed by atoms with van der Waals surface area (Å²) in [6.07, 6.45) is 1.23. The lowest BCUT2D eigenvalue weighted by Gasteiger charge is -2.24. The largest absolute Gasteiger partial charge is 0.397 e. The van der Waals surface area contributed by atoms with Crippen molar-refractivity contribution in [2.45, 2.75) is 33.1 Å². The maximum Gasteiger partial charge on any atom is 0.240 e. The zero-order valence-electron chi connectivity index (χ0n) is 11.1. The molecule has 102 valence electrons. The molecule has 0 aromatic heterocycles. The number of hydrogen-bond acceptors (Lipinski definition) is 3. The van der Waals surface area contributed by atoms with E-state index in [4.69, 9.17) is 5.73 Å². The molecule has 1 aromatic carbocycles. The number of amides is 2. The van der Waals surface area contributed by atoms with Gasteiger partial charge in [-0.2, -0.15) is 0 Å². The second kappa shape index (κ2) is 4.64. The van der Waals surface area contributed by atoms with E-state index < -0.39 is 11.2 Å². The van der Waals surface area contributed by atoms with Gasteiger partial charge in [0.05, 0.1) is 11.1 Å². The Morgan fingerprint density at radius 2 is 1.95 bits per heavy atom. The third-order valence-corrected chi connectivity index (χ3v) is 3.99. The Morgan fingerprint density at radius 3 is 2.42 bits per heavy atom. The second-order valence-corrected chi connectivity index (χ2v) is 4.88. The van der Waals surface area contributed by atoms with Crippen molar-refractivity contribution in [3.8, 4) is 0 Å². The molecule has 0 radical (unpaired) electrons. The molecule has 1 aliphatic heterocycles. The van der Waals surface area contributed by atoms with Gasteiger partial charge in [0.2, 0.25) is 11.8 Å². The van der Waals surface area contributed by atoms with Gasteiger partial charge in [0, 0.05) is 6.42 Å². The Morgan fingerprint density at radius 1 is 1.32 bits per heavy atom. The molecule has 0 atom stereocenters. The van der Waals surface area contributed by atoms with Crippen LogP contribution in [-0.4, -0.2) is 11.8 Å². The fourth-order valence-corrected chi connectivity index (χ4v) is 2.59. The summed E-state index contributed by atoms with van der Waals surface area (Å²) in [6.45, 7) is 3.73. The zero-order valence-corrected chi connectivity index (χ0v) is 11.1. The predicted molar refractivity (Wildman–Crippen MR) is 70.9 cm³/mol. The van der Waals surface area contributed by atoms with E-state index in [1.165, 1.54) is 18.2 Å². The molecule has 19 heavy (non-hydrogen) atoms. The minimum absolute atomic E-state index is 0.102. The second-order valence-electron chi connectivity index (χ2n) is 4.88. The minimum atomic E-state index is -0.716. The molecule has 0 spiro atoms. The van der Waals surface area contributed by atoms with Gasteiger partial charge in [0.1, 0.15) is 11.5 Å². The Bertz CT molecular complexity index is 518. The van der Waals surface area contributed by atoms with Crippen LogP contribution in [0.15, 0.2) is 18.2 Å². The van der Waals surface area contributed by atoms with Crippen molar-refractivity contribution in [3.05, 3.63) is 24.0 Å². The van der Waals surface area contributed by atoms with Crippen molar-refractivity contribution in [3.63, 3.8) is 0 Å². The zero-order chi connectivity index (χ0) is 14.2. The molecule has 0 aliphatic carbocycles. The Balaban J connectivity index is 2.53. The molecule has 2 rings (SSSR count). The maximum absolute atomic E-state index is 13.9. The van der Waals surface area contributed by atoms with Gasteiger partial charge in [0.15, 0.2) is 0 Å². The molecule has 1 aliphatic rings. The van der Waals surface area contributed by atoms with Crippen molar-refractivity contribution >= 4 is 23.2 Å². The van der Waals surface area contributed by atoms with Crippen LogP contribution in [0, 0.1) is 11.2 Å². The Kier molecular flexibility index (Phi) is 3.30. The van der Waals surface area contributed by atoms with Gasteiger partial charge in [-0.1, -0.05) is 19.9 Å². The highest BCUT2D eigenvalue weighted by Crippen LogP contribution is 2.43. The highest BCUT2D eigenvalue weighted by atomic mass is 19.1. The average Bonchev–Trinajstić information content (AvgIpc) is 2.63. The Hall–Kier alpha value is -1.91. The number of imide groups is 1. The van der Waals surface area contributed by atoms with Crippen molar-refractivity contribution < 1.29 is 14.0 Å². The summed E-state index contributed by atoms with van der Waals surface area (Å²) in [5, 5.41) is 0. The van der Waals surface area contributed by atoms with Crippen LogP contribution in [0.1, 0.15) is 33.1 Å². The van der Waals surface area contributed by atoms with Gasteiger partial charge >= 0.3 is 0 Å². The molecule has 0 unspecified atom stereocenters. The Labute approximate surface area is 111 Å². The third-order valence-electron chi connectivity index (χ3n) is 3.99. The lowest BCUT2D eigenvalue weighted by Crippen LogP contribution is -2.36. The summed E-state index contributed by atoms with van der Waals surface area (Å²) < 4.78 is 13.9. The highest BCUT2D eigenvalue weighted by molar-refractivity contribution is 6.23. The summed E-state index contributed by atoms with van der Waals surface area (Å²) >= 11 is 0. The molecular weight excluding hydrogens is 247 g/mol. The number of benzene rings is 1. The summed E-state index contributed by atoms with van der Waals surface area (Å²) in [4.78, 5) is 25.5. The van der Waals surface area contributed by atoms with E-state index >= 15 is 0 Å². The van der Waals surface area contributed by atoms with Crippen molar-refractivity contribution in [2.24, 2.45) is 5.41 Å². The number of halogens is 1. The van der Waals surface area contributed by atoms with Crippen molar-refractivity contribution in [1.29, 1.82) is 0 Å². The summed E-state index contributed by atoms with van der Waals surface area (Å²) in [5.41, 5.74) is 4.99. The molecule has 1 fully saturated rings. The first-order chi connectivity index (χ1) is 8.96. The predicted octanol–water partition coefficient (Wildman–Crippen LogP) is 2.48. The molecule has 0 bridgehead atoms. The number of carbonyl (C=O) groups excluding carboxylic acids is 2. The molecular formula is C14H17FN2O2. The van der Waals surface area contributed by atoms with E-state index in [1.54, 1.807) is 0 Å². The molecule has 1 aromatic rings.